The highest BCUT2D eigenvalue weighted by molar-refractivity contribution is 7.89. The van der Waals surface area contributed by atoms with Gasteiger partial charge in [0.05, 0.1) is 4.90 Å². The molecule has 110 valence electrons. The molecular formula is C15H15NO3S2. The van der Waals surface area contributed by atoms with E-state index in [-0.39, 0.29) is 18.0 Å². The van der Waals surface area contributed by atoms with Gasteiger partial charge in [0.15, 0.2) is 0 Å². The average Bonchev–Trinajstić information content (AvgIpc) is 2.91. The molecule has 1 heterocycles. The number of thiophene rings is 1. The zero-order valence-corrected chi connectivity index (χ0v) is 13.1. The molecule has 0 radical (unpaired) electrons. The van der Waals surface area contributed by atoms with E-state index in [1.807, 2.05) is 24.4 Å². The first-order valence-corrected chi connectivity index (χ1v) is 8.61. The van der Waals surface area contributed by atoms with Crippen LogP contribution in [0.1, 0.15) is 16.0 Å². The maximum absolute atomic E-state index is 12.2. The first-order chi connectivity index (χ1) is 10.0. The molecule has 1 aromatic heterocycles. The summed E-state index contributed by atoms with van der Waals surface area (Å²) in [7, 11) is -3.51. The SMILES string of the molecule is Cc1cccc(S(=O)(=O)NCc2cc(C#CCO)cs2)c1. The topological polar surface area (TPSA) is 66.4 Å². The van der Waals surface area contributed by atoms with Gasteiger partial charge in [0.2, 0.25) is 10.0 Å². The van der Waals surface area contributed by atoms with Gasteiger partial charge in [-0.1, -0.05) is 24.0 Å². The highest BCUT2D eigenvalue weighted by atomic mass is 32.2. The lowest BCUT2D eigenvalue weighted by atomic mass is 10.2. The van der Waals surface area contributed by atoms with Crippen LogP contribution < -0.4 is 4.72 Å². The molecule has 1 aromatic carbocycles. The number of hydrogen-bond donors (Lipinski definition) is 2. The van der Waals surface area contributed by atoms with Crippen LogP contribution in [0.5, 0.6) is 0 Å². The van der Waals surface area contributed by atoms with Crippen molar-refractivity contribution in [3.05, 3.63) is 51.7 Å². The van der Waals surface area contributed by atoms with E-state index in [0.29, 0.717) is 0 Å². The van der Waals surface area contributed by atoms with Crippen molar-refractivity contribution in [1.29, 1.82) is 0 Å². The van der Waals surface area contributed by atoms with E-state index in [1.165, 1.54) is 11.3 Å². The number of hydrogen-bond acceptors (Lipinski definition) is 4. The Hall–Kier alpha value is -1.65. The Morgan fingerprint density at radius 1 is 1.33 bits per heavy atom. The summed E-state index contributed by atoms with van der Waals surface area (Å²) in [6.07, 6.45) is 0. The second-order valence-corrected chi connectivity index (χ2v) is 7.17. The molecule has 0 aliphatic carbocycles. The van der Waals surface area contributed by atoms with Gasteiger partial charge in [-0.25, -0.2) is 13.1 Å². The lowest BCUT2D eigenvalue weighted by Crippen LogP contribution is -2.22. The maximum atomic E-state index is 12.2. The molecule has 0 saturated heterocycles. The van der Waals surface area contributed by atoms with Crippen LogP contribution in [-0.2, 0) is 16.6 Å². The van der Waals surface area contributed by atoms with Crippen LogP contribution in [0.2, 0.25) is 0 Å². The van der Waals surface area contributed by atoms with E-state index in [4.69, 9.17) is 5.11 Å². The Morgan fingerprint density at radius 3 is 2.86 bits per heavy atom. The van der Waals surface area contributed by atoms with Gasteiger partial charge in [0.1, 0.15) is 6.61 Å². The number of aliphatic hydroxyl groups is 1. The van der Waals surface area contributed by atoms with Crippen molar-refractivity contribution in [3.8, 4) is 11.8 Å². The van der Waals surface area contributed by atoms with Crippen molar-refractivity contribution in [2.24, 2.45) is 0 Å². The molecular weight excluding hydrogens is 306 g/mol. The van der Waals surface area contributed by atoms with Crippen LogP contribution in [0.15, 0.2) is 40.6 Å². The summed E-state index contributed by atoms with van der Waals surface area (Å²) in [5.41, 5.74) is 1.68. The fourth-order valence-corrected chi connectivity index (χ4v) is 3.67. The largest absolute Gasteiger partial charge is 0.384 e. The molecule has 0 amide bonds. The number of benzene rings is 1. The Bertz CT molecular complexity index is 782. The molecule has 4 nitrogen and oxygen atoms in total. The zero-order valence-electron chi connectivity index (χ0n) is 11.5. The van der Waals surface area contributed by atoms with Crippen LogP contribution in [0, 0.1) is 18.8 Å². The van der Waals surface area contributed by atoms with Gasteiger partial charge in [-0.15, -0.1) is 11.3 Å². The third kappa shape index (κ3) is 4.41. The highest BCUT2D eigenvalue weighted by Gasteiger charge is 2.13. The normalized spacial score (nSPS) is 11.0. The van der Waals surface area contributed by atoms with E-state index in [0.717, 1.165) is 16.0 Å². The van der Waals surface area contributed by atoms with E-state index >= 15 is 0 Å². The predicted molar refractivity (Wildman–Crippen MR) is 83.5 cm³/mol. The Morgan fingerprint density at radius 2 is 2.14 bits per heavy atom. The number of sulfonamides is 1. The minimum absolute atomic E-state index is 0.189. The molecule has 0 atom stereocenters. The molecule has 2 N–H and O–H groups in total. The molecule has 0 saturated carbocycles. The minimum atomic E-state index is -3.51. The van der Waals surface area contributed by atoms with Crippen molar-refractivity contribution in [2.45, 2.75) is 18.4 Å². The molecule has 0 aliphatic rings. The molecule has 0 aliphatic heterocycles. The van der Waals surface area contributed by atoms with Crippen molar-refractivity contribution in [1.82, 2.24) is 4.72 Å². The standard InChI is InChI=1S/C15H15NO3S2/c1-12-4-2-6-15(8-12)21(18,19)16-10-14-9-13(11-20-14)5-3-7-17/h2,4,6,8-9,11,16-17H,7,10H2,1H3. The van der Waals surface area contributed by atoms with Crippen LogP contribution in [0.3, 0.4) is 0 Å². The van der Waals surface area contributed by atoms with Gasteiger partial charge in [-0.05, 0) is 30.7 Å². The fraction of sp³-hybridized carbons (Fsp3) is 0.200. The van der Waals surface area contributed by atoms with Gasteiger partial charge in [-0.2, -0.15) is 0 Å². The van der Waals surface area contributed by atoms with Crippen molar-refractivity contribution in [3.63, 3.8) is 0 Å². The van der Waals surface area contributed by atoms with Crippen molar-refractivity contribution >= 4 is 21.4 Å². The smallest absolute Gasteiger partial charge is 0.240 e. The van der Waals surface area contributed by atoms with E-state index in [2.05, 4.69) is 16.6 Å². The van der Waals surface area contributed by atoms with E-state index in [1.54, 1.807) is 18.2 Å². The Labute approximate surface area is 128 Å². The van der Waals surface area contributed by atoms with Gasteiger partial charge in [-0.3, -0.25) is 0 Å². The zero-order chi connectivity index (χ0) is 15.3. The number of nitrogens with one attached hydrogen (secondary N) is 1. The average molecular weight is 321 g/mol. The Kier molecular flexibility index (Phi) is 5.15. The van der Waals surface area contributed by atoms with Gasteiger partial charge in [0, 0.05) is 22.4 Å². The van der Waals surface area contributed by atoms with Crippen molar-refractivity contribution < 1.29 is 13.5 Å². The second-order valence-electron chi connectivity index (χ2n) is 4.40. The van der Waals surface area contributed by atoms with Gasteiger partial charge >= 0.3 is 0 Å². The molecule has 0 bridgehead atoms. The van der Waals surface area contributed by atoms with Gasteiger partial charge < -0.3 is 5.11 Å². The fourth-order valence-electron chi connectivity index (χ4n) is 1.71. The first kappa shape index (κ1) is 15.7. The molecule has 0 fully saturated rings. The molecule has 0 unspecified atom stereocenters. The molecule has 2 aromatic rings. The summed E-state index contributed by atoms with van der Waals surface area (Å²) in [5.74, 6) is 5.34. The summed E-state index contributed by atoms with van der Waals surface area (Å²) in [6.45, 7) is 1.89. The monoisotopic (exact) mass is 321 g/mol. The van der Waals surface area contributed by atoms with E-state index < -0.39 is 10.0 Å². The van der Waals surface area contributed by atoms with E-state index in [9.17, 15) is 8.42 Å². The van der Waals surface area contributed by atoms with Crippen LogP contribution in [0.25, 0.3) is 0 Å². The quantitative estimate of drug-likeness (QED) is 0.845. The second kappa shape index (κ2) is 6.87. The van der Waals surface area contributed by atoms with Gasteiger partial charge in [0.25, 0.3) is 0 Å². The van der Waals surface area contributed by atoms with Crippen molar-refractivity contribution in [2.75, 3.05) is 6.61 Å². The maximum Gasteiger partial charge on any atom is 0.240 e. The first-order valence-electron chi connectivity index (χ1n) is 6.25. The number of aryl methyl sites for hydroxylation is 1. The van der Waals surface area contributed by atoms with Crippen LogP contribution in [0.4, 0.5) is 0 Å². The van der Waals surface area contributed by atoms with Crippen LogP contribution in [-0.4, -0.2) is 20.1 Å². The minimum Gasteiger partial charge on any atom is -0.384 e. The molecule has 0 spiro atoms. The lowest BCUT2D eigenvalue weighted by Gasteiger charge is -2.06. The summed E-state index contributed by atoms with van der Waals surface area (Å²) >= 11 is 1.43. The summed E-state index contributed by atoms with van der Waals surface area (Å²) in [6, 6.07) is 8.59. The highest BCUT2D eigenvalue weighted by Crippen LogP contribution is 2.16. The molecule has 2 rings (SSSR count). The predicted octanol–water partition coefficient (Wildman–Crippen LogP) is 1.88. The lowest BCUT2D eigenvalue weighted by molar-refractivity contribution is 0.350. The van der Waals surface area contributed by atoms with Crippen LogP contribution >= 0.6 is 11.3 Å². The molecule has 21 heavy (non-hydrogen) atoms. The number of rotatable bonds is 4. The number of aliphatic hydroxyl groups excluding tert-OH is 1. The summed E-state index contributed by atoms with van der Waals surface area (Å²) in [5, 5.41) is 10.5. The molecule has 6 heteroatoms. The summed E-state index contributed by atoms with van der Waals surface area (Å²) < 4.78 is 26.9. The third-order valence-corrected chi connectivity index (χ3v) is 5.04. The Balaban J connectivity index is 2.07. The third-order valence-electron chi connectivity index (χ3n) is 2.70. The summed E-state index contributed by atoms with van der Waals surface area (Å²) in [4.78, 5) is 1.13.